The first kappa shape index (κ1) is 26.9. The second-order valence-corrected chi connectivity index (χ2v) is 8.54. The van der Waals surface area contributed by atoms with Gasteiger partial charge in [0.15, 0.2) is 11.6 Å². The fraction of sp³-hybridized carbons (Fsp3) is 0.308. The van der Waals surface area contributed by atoms with Crippen molar-refractivity contribution in [2.75, 3.05) is 51.8 Å². The van der Waals surface area contributed by atoms with E-state index in [0.717, 1.165) is 23.8 Å². The van der Waals surface area contributed by atoms with Crippen LogP contribution < -0.4 is 20.9 Å². The predicted octanol–water partition coefficient (Wildman–Crippen LogP) is 1.89. The standard InChI is InChI=1S/C26H27F2N5O5/c1-37-23-6-2-17(14-21(23)28)16-33-24(34)7-5-22(31-33)26(36)30-18-3-4-20(27)19(15-18)25(35)29-8-9-32-10-12-38-13-11-32/h2-7,14-15H,8-13,16H2,1H3,(H,29,35)(H,30,36). The molecule has 10 nitrogen and oxygen atoms in total. The van der Waals surface area contributed by atoms with Gasteiger partial charge in [0.05, 0.1) is 32.4 Å². The molecule has 0 aliphatic carbocycles. The average molecular weight is 528 g/mol. The second-order valence-electron chi connectivity index (χ2n) is 8.54. The first-order valence-electron chi connectivity index (χ1n) is 11.9. The summed E-state index contributed by atoms with van der Waals surface area (Å²) in [5, 5.41) is 9.32. The Bertz CT molecular complexity index is 1370. The fourth-order valence-electron chi connectivity index (χ4n) is 3.88. The lowest BCUT2D eigenvalue weighted by Crippen LogP contribution is -2.41. The summed E-state index contributed by atoms with van der Waals surface area (Å²) in [4.78, 5) is 39.7. The van der Waals surface area contributed by atoms with Crippen LogP contribution in [0.2, 0.25) is 0 Å². The molecule has 0 radical (unpaired) electrons. The van der Waals surface area contributed by atoms with Crippen LogP contribution in [0, 0.1) is 11.6 Å². The molecule has 0 saturated carbocycles. The minimum Gasteiger partial charge on any atom is -0.494 e. The molecule has 1 aliphatic rings. The van der Waals surface area contributed by atoms with Gasteiger partial charge in [-0.3, -0.25) is 19.3 Å². The number of hydrogen-bond acceptors (Lipinski definition) is 7. The zero-order chi connectivity index (χ0) is 27.1. The summed E-state index contributed by atoms with van der Waals surface area (Å²) in [5.41, 5.74) is -0.191. The van der Waals surface area contributed by atoms with Crippen molar-refractivity contribution in [2.45, 2.75) is 6.54 Å². The summed E-state index contributed by atoms with van der Waals surface area (Å²) < 4.78 is 39.6. The molecule has 3 aromatic rings. The van der Waals surface area contributed by atoms with Crippen molar-refractivity contribution in [3.05, 3.63) is 87.3 Å². The highest BCUT2D eigenvalue weighted by atomic mass is 19.1. The Balaban J connectivity index is 1.41. The van der Waals surface area contributed by atoms with Gasteiger partial charge in [0.2, 0.25) is 0 Å². The molecule has 4 rings (SSSR count). The lowest BCUT2D eigenvalue weighted by atomic mass is 10.1. The maximum Gasteiger partial charge on any atom is 0.276 e. The molecule has 2 amide bonds. The SMILES string of the molecule is COc1ccc(Cn2nc(C(=O)Nc3ccc(F)c(C(=O)NCCN4CCOCC4)c3)ccc2=O)cc1F. The average Bonchev–Trinajstić information content (AvgIpc) is 2.91. The Morgan fingerprint density at radius 3 is 2.55 bits per heavy atom. The summed E-state index contributed by atoms with van der Waals surface area (Å²) in [6.07, 6.45) is 0. The van der Waals surface area contributed by atoms with Crippen LogP contribution in [-0.2, 0) is 11.3 Å². The lowest BCUT2D eigenvalue weighted by molar-refractivity contribution is 0.0383. The summed E-state index contributed by atoms with van der Waals surface area (Å²) in [7, 11) is 1.34. The van der Waals surface area contributed by atoms with Crippen LogP contribution >= 0.6 is 0 Å². The van der Waals surface area contributed by atoms with E-state index in [-0.39, 0.29) is 29.2 Å². The van der Waals surface area contributed by atoms with Gasteiger partial charge in [-0.2, -0.15) is 5.10 Å². The molecular weight excluding hydrogens is 500 g/mol. The van der Waals surface area contributed by atoms with Crippen molar-refractivity contribution in [3.63, 3.8) is 0 Å². The summed E-state index contributed by atoms with van der Waals surface area (Å²) in [6.45, 7) is 3.67. The second kappa shape index (κ2) is 12.4. The minimum absolute atomic E-state index is 0.0617. The number of benzene rings is 2. The van der Waals surface area contributed by atoms with Crippen molar-refractivity contribution in [1.29, 1.82) is 0 Å². The Morgan fingerprint density at radius 1 is 1.03 bits per heavy atom. The Morgan fingerprint density at radius 2 is 1.82 bits per heavy atom. The highest BCUT2D eigenvalue weighted by molar-refractivity contribution is 6.03. The van der Waals surface area contributed by atoms with Crippen LogP contribution in [0.5, 0.6) is 5.75 Å². The molecule has 38 heavy (non-hydrogen) atoms. The number of carbonyl (C=O) groups is 2. The van der Waals surface area contributed by atoms with E-state index in [1.165, 1.54) is 43.5 Å². The maximum atomic E-state index is 14.4. The number of morpholine rings is 1. The van der Waals surface area contributed by atoms with Gasteiger partial charge in [-0.05, 0) is 42.0 Å². The number of aromatic nitrogens is 2. The molecule has 0 atom stereocenters. The van der Waals surface area contributed by atoms with E-state index >= 15 is 0 Å². The van der Waals surface area contributed by atoms with E-state index < -0.39 is 29.0 Å². The Labute approximate surface area is 217 Å². The number of halogens is 2. The predicted molar refractivity (Wildman–Crippen MR) is 134 cm³/mol. The third-order valence-electron chi connectivity index (χ3n) is 5.93. The fourth-order valence-corrected chi connectivity index (χ4v) is 3.88. The highest BCUT2D eigenvalue weighted by Gasteiger charge is 2.17. The molecule has 1 aromatic heterocycles. The Hall–Kier alpha value is -4.16. The van der Waals surface area contributed by atoms with Crippen molar-refractivity contribution in [3.8, 4) is 5.75 Å². The number of anilines is 1. The van der Waals surface area contributed by atoms with E-state index in [0.29, 0.717) is 31.9 Å². The van der Waals surface area contributed by atoms with Crippen LogP contribution in [0.1, 0.15) is 26.4 Å². The molecule has 200 valence electrons. The monoisotopic (exact) mass is 527 g/mol. The van der Waals surface area contributed by atoms with Gasteiger partial charge in [-0.25, -0.2) is 13.5 Å². The van der Waals surface area contributed by atoms with Crippen molar-refractivity contribution in [2.24, 2.45) is 0 Å². The van der Waals surface area contributed by atoms with Gasteiger partial charge in [0, 0.05) is 37.9 Å². The molecular formula is C26H27F2N5O5. The normalized spacial score (nSPS) is 13.7. The van der Waals surface area contributed by atoms with E-state index in [1.54, 1.807) is 6.07 Å². The van der Waals surface area contributed by atoms with Crippen LogP contribution in [0.25, 0.3) is 0 Å². The molecule has 2 heterocycles. The molecule has 1 fully saturated rings. The zero-order valence-electron chi connectivity index (χ0n) is 20.7. The number of rotatable bonds is 9. The Kier molecular flexibility index (Phi) is 8.77. The van der Waals surface area contributed by atoms with Gasteiger partial charge >= 0.3 is 0 Å². The van der Waals surface area contributed by atoms with Crippen LogP contribution in [-0.4, -0.2) is 73.0 Å². The van der Waals surface area contributed by atoms with Crippen molar-refractivity contribution >= 4 is 17.5 Å². The minimum atomic E-state index is -0.731. The number of nitrogens with one attached hydrogen (secondary N) is 2. The number of amides is 2. The largest absolute Gasteiger partial charge is 0.494 e. The smallest absolute Gasteiger partial charge is 0.276 e. The molecule has 2 N–H and O–H groups in total. The third-order valence-corrected chi connectivity index (χ3v) is 5.93. The van der Waals surface area contributed by atoms with E-state index in [2.05, 4.69) is 20.6 Å². The quantitative estimate of drug-likeness (QED) is 0.437. The molecule has 0 spiro atoms. The van der Waals surface area contributed by atoms with Gasteiger partial charge in [-0.1, -0.05) is 6.07 Å². The number of methoxy groups -OCH3 is 1. The number of nitrogens with zero attached hydrogens (tertiary/aromatic N) is 3. The third kappa shape index (κ3) is 6.78. The van der Waals surface area contributed by atoms with Crippen molar-refractivity contribution < 1.29 is 27.8 Å². The van der Waals surface area contributed by atoms with Crippen molar-refractivity contribution in [1.82, 2.24) is 20.0 Å². The molecule has 1 saturated heterocycles. The van der Waals surface area contributed by atoms with Gasteiger partial charge in [0.25, 0.3) is 17.4 Å². The lowest BCUT2D eigenvalue weighted by Gasteiger charge is -2.26. The van der Waals surface area contributed by atoms with Crippen LogP contribution in [0.4, 0.5) is 14.5 Å². The molecule has 0 bridgehead atoms. The van der Waals surface area contributed by atoms with E-state index in [9.17, 15) is 23.2 Å². The highest BCUT2D eigenvalue weighted by Crippen LogP contribution is 2.18. The van der Waals surface area contributed by atoms with Gasteiger partial charge in [-0.15, -0.1) is 0 Å². The van der Waals surface area contributed by atoms with E-state index in [1.807, 2.05) is 0 Å². The van der Waals surface area contributed by atoms with Gasteiger partial charge < -0.3 is 20.1 Å². The molecule has 2 aromatic carbocycles. The molecule has 12 heteroatoms. The van der Waals surface area contributed by atoms with Crippen LogP contribution in [0.3, 0.4) is 0 Å². The summed E-state index contributed by atoms with van der Waals surface area (Å²) in [6, 6.07) is 10.3. The van der Waals surface area contributed by atoms with E-state index in [4.69, 9.17) is 9.47 Å². The topological polar surface area (TPSA) is 115 Å². The summed E-state index contributed by atoms with van der Waals surface area (Å²) >= 11 is 0. The van der Waals surface area contributed by atoms with Crippen LogP contribution in [0.15, 0.2) is 53.3 Å². The maximum absolute atomic E-state index is 14.4. The first-order chi connectivity index (χ1) is 18.3. The number of hydrogen-bond donors (Lipinski definition) is 2. The number of carbonyl (C=O) groups excluding carboxylic acids is 2. The summed E-state index contributed by atoms with van der Waals surface area (Å²) in [5.74, 6) is -2.55. The molecule has 0 unspecified atom stereocenters. The zero-order valence-corrected chi connectivity index (χ0v) is 20.7. The van der Waals surface area contributed by atoms with Gasteiger partial charge in [0.1, 0.15) is 11.5 Å². The first-order valence-corrected chi connectivity index (χ1v) is 11.9. The molecule has 1 aliphatic heterocycles. The number of ether oxygens (including phenoxy) is 2.